The summed E-state index contributed by atoms with van der Waals surface area (Å²) in [6, 6.07) is 4.26. The summed E-state index contributed by atoms with van der Waals surface area (Å²) in [6.45, 7) is 6.14. The zero-order chi connectivity index (χ0) is 16.0. The molecule has 3 heterocycles. The van der Waals surface area contributed by atoms with E-state index in [9.17, 15) is 10.1 Å². The van der Waals surface area contributed by atoms with Gasteiger partial charge in [-0.05, 0) is 32.4 Å². The van der Waals surface area contributed by atoms with Crippen molar-refractivity contribution in [2.75, 3.05) is 26.4 Å². The Morgan fingerprint density at radius 2 is 2.04 bits per heavy atom. The molecule has 0 radical (unpaired) electrons. The number of nitrogens with zero attached hydrogens (tertiary/aromatic N) is 3. The topological polar surface area (TPSA) is 68.1 Å². The van der Waals surface area contributed by atoms with Gasteiger partial charge < -0.3 is 9.47 Å². The Hall–Kier alpha value is -1.86. The molecule has 23 heavy (non-hydrogen) atoms. The van der Waals surface area contributed by atoms with Crippen LogP contribution in [0.5, 0.6) is 11.5 Å². The number of fused-ring (bicyclic) bond motifs is 2. The van der Waals surface area contributed by atoms with Crippen molar-refractivity contribution in [3.63, 3.8) is 0 Å². The molecule has 1 aromatic carbocycles. The normalized spacial score (nSPS) is 27.2. The van der Waals surface area contributed by atoms with Crippen LogP contribution in [0.25, 0.3) is 0 Å². The van der Waals surface area contributed by atoms with Gasteiger partial charge in [0.2, 0.25) is 6.79 Å². The van der Waals surface area contributed by atoms with Gasteiger partial charge in [-0.2, -0.15) is 0 Å². The molecule has 124 valence electrons. The molecule has 0 aromatic heterocycles. The summed E-state index contributed by atoms with van der Waals surface area (Å²) in [5, 5.41) is 11.4. The second kappa shape index (κ2) is 5.65. The van der Waals surface area contributed by atoms with Gasteiger partial charge in [0.25, 0.3) is 5.69 Å². The smallest absolute Gasteiger partial charge is 0.277 e. The molecule has 7 heteroatoms. The van der Waals surface area contributed by atoms with Crippen LogP contribution in [0.15, 0.2) is 12.1 Å². The number of hydrogen-bond acceptors (Lipinski definition) is 6. The molecule has 3 aliphatic rings. The van der Waals surface area contributed by atoms with Crippen LogP contribution >= 0.6 is 0 Å². The third-order valence-corrected chi connectivity index (χ3v) is 5.37. The zero-order valence-electron chi connectivity index (χ0n) is 13.2. The van der Waals surface area contributed by atoms with Crippen molar-refractivity contribution in [3.05, 3.63) is 27.8 Å². The number of hydrogen-bond donors (Lipinski definition) is 0. The van der Waals surface area contributed by atoms with E-state index in [4.69, 9.17) is 9.47 Å². The van der Waals surface area contributed by atoms with E-state index in [2.05, 4.69) is 16.7 Å². The Kier molecular flexibility index (Phi) is 3.61. The Labute approximate surface area is 134 Å². The van der Waals surface area contributed by atoms with Crippen molar-refractivity contribution < 1.29 is 14.4 Å². The highest BCUT2D eigenvalue weighted by Crippen LogP contribution is 2.39. The molecule has 4 rings (SSSR count). The standard InChI is InChI=1S/C16H21N3O4/c1-11-13-3-2-4-17(13)5-6-18(11)9-12-7-15-16(23-10-22-15)8-14(12)19(20)21/h7-8,11,13H,2-6,9-10H2,1H3/t11-,13+/m0/s1. The first kappa shape index (κ1) is 14.7. The number of nitro groups is 1. The quantitative estimate of drug-likeness (QED) is 0.627. The minimum atomic E-state index is -0.326. The first-order valence-corrected chi connectivity index (χ1v) is 8.18. The molecule has 0 unspecified atom stereocenters. The maximum atomic E-state index is 11.4. The van der Waals surface area contributed by atoms with E-state index in [0.29, 0.717) is 35.7 Å². The first-order chi connectivity index (χ1) is 11.1. The highest BCUT2D eigenvalue weighted by atomic mass is 16.7. The van der Waals surface area contributed by atoms with Crippen molar-refractivity contribution in [1.29, 1.82) is 0 Å². The molecule has 0 spiro atoms. The van der Waals surface area contributed by atoms with Crippen molar-refractivity contribution in [2.24, 2.45) is 0 Å². The fourth-order valence-electron chi connectivity index (χ4n) is 4.09. The van der Waals surface area contributed by atoms with Crippen LogP contribution in [0, 0.1) is 10.1 Å². The van der Waals surface area contributed by atoms with Crippen molar-refractivity contribution in [2.45, 2.75) is 38.4 Å². The largest absolute Gasteiger partial charge is 0.454 e. The molecular weight excluding hydrogens is 298 g/mol. The summed E-state index contributed by atoms with van der Waals surface area (Å²) < 4.78 is 10.7. The molecule has 2 atom stereocenters. The second-order valence-corrected chi connectivity index (χ2v) is 6.55. The van der Waals surface area contributed by atoms with E-state index < -0.39 is 0 Å². The lowest BCUT2D eigenvalue weighted by Gasteiger charge is -2.43. The average Bonchev–Trinajstić information content (AvgIpc) is 3.17. The van der Waals surface area contributed by atoms with E-state index in [1.165, 1.54) is 25.5 Å². The lowest BCUT2D eigenvalue weighted by Crippen LogP contribution is -2.55. The van der Waals surface area contributed by atoms with E-state index in [-0.39, 0.29) is 17.4 Å². The van der Waals surface area contributed by atoms with Gasteiger partial charge >= 0.3 is 0 Å². The molecule has 0 saturated carbocycles. The molecule has 2 saturated heterocycles. The van der Waals surface area contributed by atoms with E-state index in [0.717, 1.165) is 13.1 Å². The minimum absolute atomic E-state index is 0.121. The van der Waals surface area contributed by atoms with Crippen molar-refractivity contribution in [1.82, 2.24) is 9.80 Å². The summed E-state index contributed by atoms with van der Waals surface area (Å²) in [5.41, 5.74) is 0.827. The van der Waals surface area contributed by atoms with Crippen LogP contribution in [0.2, 0.25) is 0 Å². The van der Waals surface area contributed by atoms with Gasteiger partial charge in [-0.15, -0.1) is 0 Å². The molecule has 7 nitrogen and oxygen atoms in total. The molecule has 0 amide bonds. The number of piperazine rings is 1. The van der Waals surface area contributed by atoms with Crippen LogP contribution in [0.4, 0.5) is 5.69 Å². The molecule has 0 N–H and O–H groups in total. The molecule has 3 aliphatic heterocycles. The fraction of sp³-hybridized carbons (Fsp3) is 0.625. The Morgan fingerprint density at radius 1 is 1.26 bits per heavy atom. The van der Waals surface area contributed by atoms with Gasteiger partial charge in [-0.25, -0.2) is 0 Å². The lowest BCUT2D eigenvalue weighted by atomic mass is 10.0. The van der Waals surface area contributed by atoms with E-state index in [1.807, 2.05) is 0 Å². The first-order valence-electron chi connectivity index (χ1n) is 8.18. The molecule has 2 fully saturated rings. The molecule has 0 aliphatic carbocycles. The van der Waals surface area contributed by atoms with Crippen LogP contribution in [0.1, 0.15) is 25.3 Å². The molecular formula is C16H21N3O4. The third kappa shape index (κ3) is 2.53. The van der Waals surface area contributed by atoms with Gasteiger partial charge in [0.05, 0.1) is 11.0 Å². The summed E-state index contributed by atoms with van der Waals surface area (Å²) in [5.74, 6) is 1.08. The lowest BCUT2D eigenvalue weighted by molar-refractivity contribution is -0.385. The Balaban J connectivity index is 1.59. The number of ether oxygens (including phenoxy) is 2. The second-order valence-electron chi connectivity index (χ2n) is 6.55. The van der Waals surface area contributed by atoms with Gasteiger partial charge in [-0.1, -0.05) is 0 Å². The zero-order valence-corrected chi connectivity index (χ0v) is 13.2. The van der Waals surface area contributed by atoms with Crippen LogP contribution < -0.4 is 9.47 Å². The number of benzene rings is 1. The maximum Gasteiger partial charge on any atom is 0.277 e. The van der Waals surface area contributed by atoms with Crippen molar-refractivity contribution in [3.8, 4) is 11.5 Å². The molecule has 1 aromatic rings. The highest BCUT2D eigenvalue weighted by molar-refractivity contribution is 5.55. The Bertz CT molecular complexity index is 636. The highest BCUT2D eigenvalue weighted by Gasteiger charge is 2.37. The van der Waals surface area contributed by atoms with E-state index in [1.54, 1.807) is 6.07 Å². The third-order valence-electron chi connectivity index (χ3n) is 5.37. The SMILES string of the molecule is C[C@H]1[C@H]2CCCN2CCN1Cc1cc2c(cc1[N+](=O)[O-])OCO2. The van der Waals surface area contributed by atoms with Crippen LogP contribution in [-0.4, -0.2) is 53.2 Å². The minimum Gasteiger partial charge on any atom is -0.454 e. The summed E-state index contributed by atoms with van der Waals surface area (Å²) in [4.78, 5) is 16.0. The fourth-order valence-corrected chi connectivity index (χ4v) is 4.09. The van der Waals surface area contributed by atoms with Crippen molar-refractivity contribution >= 4 is 5.69 Å². The average molecular weight is 319 g/mol. The summed E-state index contributed by atoms with van der Waals surface area (Å²) in [7, 11) is 0. The number of rotatable bonds is 3. The Morgan fingerprint density at radius 3 is 2.83 bits per heavy atom. The predicted molar refractivity (Wildman–Crippen MR) is 83.7 cm³/mol. The number of nitro benzene ring substituents is 1. The van der Waals surface area contributed by atoms with E-state index >= 15 is 0 Å². The summed E-state index contributed by atoms with van der Waals surface area (Å²) in [6.07, 6.45) is 2.48. The summed E-state index contributed by atoms with van der Waals surface area (Å²) >= 11 is 0. The van der Waals surface area contributed by atoms with Crippen LogP contribution in [-0.2, 0) is 6.54 Å². The van der Waals surface area contributed by atoms with Crippen LogP contribution in [0.3, 0.4) is 0 Å². The molecule has 0 bridgehead atoms. The monoisotopic (exact) mass is 319 g/mol. The van der Waals surface area contributed by atoms with Gasteiger partial charge in [0, 0.05) is 37.3 Å². The van der Waals surface area contributed by atoms with Gasteiger partial charge in [0.1, 0.15) is 0 Å². The maximum absolute atomic E-state index is 11.4. The van der Waals surface area contributed by atoms with Gasteiger partial charge in [-0.3, -0.25) is 19.9 Å². The van der Waals surface area contributed by atoms with Gasteiger partial charge in [0.15, 0.2) is 11.5 Å². The predicted octanol–water partition coefficient (Wildman–Crippen LogP) is 1.99.